The number of hydrogen-bond acceptors (Lipinski definition) is 8. The van der Waals surface area contributed by atoms with Crippen molar-refractivity contribution < 1.29 is 31.9 Å². The average molecular weight is 576 g/mol. The van der Waals surface area contributed by atoms with E-state index in [0.29, 0.717) is 29.4 Å². The van der Waals surface area contributed by atoms with Gasteiger partial charge in [-0.15, -0.1) is 0 Å². The van der Waals surface area contributed by atoms with Crippen LogP contribution in [0.15, 0.2) is 99.3 Å². The number of anilines is 1. The van der Waals surface area contributed by atoms with Crippen molar-refractivity contribution in [2.24, 2.45) is 5.10 Å². The molecule has 4 aromatic rings. The predicted octanol–water partition coefficient (Wildman–Crippen LogP) is 4.79. The third-order valence-corrected chi connectivity index (χ3v) is 7.71. The lowest BCUT2D eigenvalue weighted by atomic mass is 10.1. The normalized spacial score (nSPS) is 11.3. The summed E-state index contributed by atoms with van der Waals surface area (Å²) in [7, 11) is -2.62. The number of rotatable bonds is 11. The smallest absolute Gasteiger partial charge is 0.338 e. The largest absolute Gasteiger partial charge is 0.497 e. The maximum Gasteiger partial charge on any atom is 0.338 e. The summed E-state index contributed by atoms with van der Waals surface area (Å²) in [5.74, 6) is 0.252. The molecule has 0 spiro atoms. The van der Waals surface area contributed by atoms with Gasteiger partial charge in [-0.2, -0.15) is 5.10 Å². The lowest BCUT2D eigenvalue weighted by Crippen LogP contribution is -2.39. The van der Waals surface area contributed by atoms with Crippen LogP contribution in [0.4, 0.5) is 5.69 Å². The quantitative estimate of drug-likeness (QED) is 0.155. The minimum atomic E-state index is -4.09. The SMILES string of the molecule is CCOC(=O)c1ccc(-c2ccc(/C=N\NC(=O)CN(c3cccc(OC)c3)S(=O)(=O)c3ccc(C)cc3)o2)cc1. The third kappa shape index (κ3) is 7.20. The van der Waals surface area contributed by atoms with Crippen LogP contribution in [0.3, 0.4) is 0 Å². The van der Waals surface area contributed by atoms with Gasteiger partial charge in [-0.3, -0.25) is 9.10 Å². The van der Waals surface area contributed by atoms with Crippen molar-refractivity contribution >= 4 is 33.8 Å². The molecule has 1 amide bonds. The molecule has 10 nitrogen and oxygen atoms in total. The number of carbonyl (C=O) groups excluding carboxylic acids is 2. The van der Waals surface area contributed by atoms with Gasteiger partial charge in [0.25, 0.3) is 15.9 Å². The van der Waals surface area contributed by atoms with Crippen molar-refractivity contribution in [3.63, 3.8) is 0 Å². The van der Waals surface area contributed by atoms with Gasteiger partial charge in [0.05, 0.1) is 36.1 Å². The molecular weight excluding hydrogens is 546 g/mol. The van der Waals surface area contributed by atoms with E-state index in [-0.39, 0.29) is 10.6 Å². The van der Waals surface area contributed by atoms with Gasteiger partial charge in [0.1, 0.15) is 23.8 Å². The Kier molecular flexibility index (Phi) is 9.20. The van der Waals surface area contributed by atoms with E-state index >= 15 is 0 Å². The summed E-state index contributed by atoms with van der Waals surface area (Å²) in [5, 5.41) is 3.93. The van der Waals surface area contributed by atoms with Crippen LogP contribution in [0.5, 0.6) is 5.75 Å². The molecule has 0 saturated heterocycles. The number of hydrazone groups is 1. The number of carbonyl (C=O) groups is 2. The Labute approximate surface area is 238 Å². The second-order valence-corrected chi connectivity index (χ2v) is 10.7. The van der Waals surface area contributed by atoms with E-state index in [1.54, 1.807) is 73.7 Å². The zero-order chi connectivity index (χ0) is 29.4. The van der Waals surface area contributed by atoms with Crippen LogP contribution in [0.25, 0.3) is 11.3 Å². The molecule has 0 unspecified atom stereocenters. The van der Waals surface area contributed by atoms with Crippen LogP contribution in [-0.2, 0) is 19.6 Å². The molecule has 0 fully saturated rings. The number of esters is 1. The highest BCUT2D eigenvalue weighted by Crippen LogP contribution is 2.27. The number of sulfonamides is 1. The molecule has 0 saturated carbocycles. The summed E-state index contributed by atoms with van der Waals surface area (Å²) in [6, 6.07) is 22.9. The Morgan fingerprint density at radius 2 is 1.73 bits per heavy atom. The highest BCUT2D eigenvalue weighted by Gasteiger charge is 2.27. The molecule has 11 heteroatoms. The van der Waals surface area contributed by atoms with Gasteiger partial charge >= 0.3 is 5.97 Å². The van der Waals surface area contributed by atoms with Crippen LogP contribution in [0.2, 0.25) is 0 Å². The molecule has 0 radical (unpaired) electrons. The van der Waals surface area contributed by atoms with Gasteiger partial charge < -0.3 is 13.9 Å². The molecule has 0 bridgehead atoms. The molecule has 1 heterocycles. The Hall–Kier alpha value is -4.90. The molecule has 0 aliphatic carbocycles. The second kappa shape index (κ2) is 13.0. The van der Waals surface area contributed by atoms with E-state index in [9.17, 15) is 18.0 Å². The van der Waals surface area contributed by atoms with Crippen molar-refractivity contribution in [2.75, 3.05) is 24.6 Å². The first kappa shape index (κ1) is 29.1. The van der Waals surface area contributed by atoms with E-state index < -0.39 is 28.4 Å². The highest BCUT2D eigenvalue weighted by molar-refractivity contribution is 7.92. The monoisotopic (exact) mass is 575 g/mol. The molecule has 3 aromatic carbocycles. The Balaban J connectivity index is 1.47. The van der Waals surface area contributed by atoms with Gasteiger partial charge in [-0.1, -0.05) is 35.9 Å². The fourth-order valence-electron chi connectivity index (χ4n) is 3.81. The summed E-state index contributed by atoms with van der Waals surface area (Å²) in [6.07, 6.45) is 1.30. The van der Waals surface area contributed by atoms with Crippen molar-refractivity contribution in [1.82, 2.24) is 5.43 Å². The van der Waals surface area contributed by atoms with Crippen LogP contribution in [-0.4, -0.2) is 46.8 Å². The molecule has 212 valence electrons. The van der Waals surface area contributed by atoms with Crippen LogP contribution < -0.4 is 14.5 Å². The number of aryl methyl sites for hydroxylation is 1. The first-order valence-corrected chi connectivity index (χ1v) is 14.1. The summed E-state index contributed by atoms with van der Waals surface area (Å²) in [4.78, 5) is 24.7. The molecule has 41 heavy (non-hydrogen) atoms. The summed E-state index contributed by atoms with van der Waals surface area (Å²) in [6.45, 7) is 3.35. The first-order valence-electron chi connectivity index (χ1n) is 12.6. The number of nitrogens with one attached hydrogen (secondary N) is 1. The van der Waals surface area contributed by atoms with Gasteiger partial charge in [-0.25, -0.2) is 18.6 Å². The van der Waals surface area contributed by atoms with E-state index in [0.717, 1.165) is 15.4 Å². The zero-order valence-corrected chi connectivity index (χ0v) is 23.6. The second-order valence-electron chi connectivity index (χ2n) is 8.82. The Bertz CT molecular complexity index is 1640. The Morgan fingerprint density at radius 1 is 1.00 bits per heavy atom. The summed E-state index contributed by atoms with van der Waals surface area (Å²) in [5.41, 5.74) is 4.68. The van der Waals surface area contributed by atoms with Crippen LogP contribution in [0, 0.1) is 6.92 Å². The predicted molar refractivity (Wildman–Crippen MR) is 155 cm³/mol. The lowest BCUT2D eigenvalue weighted by molar-refractivity contribution is -0.119. The first-order chi connectivity index (χ1) is 19.7. The molecule has 1 aromatic heterocycles. The van der Waals surface area contributed by atoms with E-state index in [1.165, 1.54) is 31.5 Å². The molecule has 0 aliphatic rings. The van der Waals surface area contributed by atoms with Crippen molar-refractivity contribution in [1.29, 1.82) is 0 Å². The Morgan fingerprint density at radius 3 is 2.41 bits per heavy atom. The number of hydrogen-bond donors (Lipinski definition) is 1. The maximum atomic E-state index is 13.5. The van der Waals surface area contributed by atoms with Crippen molar-refractivity contribution in [2.45, 2.75) is 18.7 Å². The number of ether oxygens (including phenoxy) is 2. The molecule has 1 N–H and O–H groups in total. The van der Waals surface area contributed by atoms with Gasteiger partial charge in [0.2, 0.25) is 0 Å². The van der Waals surface area contributed by atoms with Gasteiger partial charge in [-0.05, 0) is 62.4 Å². The number of amides is 1. The van der Waals surface area contributed by atoms with E-state index in [1.807, 2.05) is 6.92 Å². The zero-order valence-electron chi connectivity index (χ0n) is 22.7. The van der Waals surface area contributed by atoms with Crippen LogP contribution >= 0.6 is 0 Å². The fourth-order valence-corrected chi connectivity index (χ4v) is 5.23. The number of methoxy groups -OCH3 is 1. The highest BCUT2D eigenvalue weighted by atomic mass is 32.2. The molecule has 0 atom stereocenters. The fraction of sp³-hybridized carbons (Fsp3) is 0.167. The standard InChI is InChI=1S/C30H29N3O7S/c1-4-39-30(35)23-12-10-22(11-13-23)28-17-14-26(40-28)19-31-32-29(34)20-33(24-6-5-7-25(18-24)38-3)41(36,37)27-15-8-21(2)9-16-27/h5-19H,4,20H2,1-3H3,(H,32,34)/b31-19-. The summed E-state index contributed by atoms with van der Waals surface area (Å²) < 4.78 is 44.0. The van der Waals surface area contributed by atoms with Crippen molar-refractivity contribution in [3.8, 4) is 17.1 Å². The maximum absolute atomic E-state index is 13.5. The minimum absolute atomic E-state index is 0.0422. The number of nitrogens with zero attached hydrogens (tertiary/aromatic N) is 2. The van der Waals surface area contributed by atoms with E-state index in [2.05, 4.69) is 10.5 Å². The molecule has 4 rings (SSSR count). The van der Waals surface area contributed by atoms with E-state index in [4.69, 9.17) is 13.9 Å². The number of furan rings is 1. The summed E-state index contributed by atoms with van der Waals surface area (Å²) >= 11 is 0. The lowest BCUT2D eigenvalue weighted by Gasteiger charge is -2.24. The average Bonchev–Trinajstić information content (AvgIpc) is 3.45. The van der Waals surface area contributed by atoms with Crippen LogP contribution in [0.1, 0.15) is 28.6 Å². The molecule has 0 aliphatic heterocycles. The minimum Gasteiger partial charge on any atom is -0.497 e. The van der Waals surface area contributed by atoms with Gasteiger partial charge in [0, 0.05) is 11.6 Å². The van der Waals surface area contributed by atoms with Crippen molar-refractivity contribution in [3.05, 3.63) is 102 Å². The molecular formula is C30H29N3O7S. The number of benzene rings is 3. The topological polar surface area (TPSA) is 128 Å². The van der Waals surface area contributed by atoms with Gasteiger partial charge in [0.15, 0.2) is 0 Å². The third-order valence-electron chi connectivity index (χ3n) is 5.93.